The van der Waals surface area contributed by atoms with Crippen LogP contribution in [0, 0.1) is 23.2 Å². The number of hydrogen-bond acceptors (Lipinski definition) is 9. The van der Waals surface area contributed by atoms with Crippen molar-refractivity contribution in [3.8, 4) is 17.3 Å². The van der Waals surface area contributed by atoms with Crippen molar-refractivity contribution in [1.29, 1.82) is 5.26 Å². The predicted octanol–water partition coefficient (Wildman–Crippen LogP) is 6.86. The van der Waals surface area contributed by atoms with Gasteiger partial charge in [-0.1, -0.05) is 52.0 Å². The minimum absolute atomic E-state index is 0.116. The fourth-order valence-electron chi connectivity index (χ4n) is 8.55. The molecular formula is C44H50N8O6. The highest BCUT2D eigenvalue weighted by atomic mass is 16.5. The molecule has 1 aromatic heterocycles. The number of likely N-dealkylation sites (tertiary alicyclic amines) is 2. The van der Waals surface area contributed by atoms with Crippen LogP contribution in [0.2, 0.25) is 0 Å². The maximum atomic E-state index is 13.7. The molecule has 0 spiro atoms. The molecule has 14 heteroatoms. The summed E-state index contributed by atoms with van der Waals surface area (Å²) in [6.07, 6.45) is 6.16. The number of aromatic amines is 1. The van der Waals surface area contributed by atoms with E-state index < -0.39 is 24.3 Å². The van der Waals surface area contributed by atoms with Gasteiger partial charge in [-0.2, -0.15) is 5.26 Å². The summed E-state index contributed by atoms with van der Waals surface area (Å²) >= 11 is 0. The number of nitrogens with one attached hydrogen (secondary N) is 3. The van der Waals surface area contributed by atoms with Gasteiger partial charge in [-0.15, -0.1) is 0 Å². The van der Waals surface area contributed by atoms with Crippen molar-refractivity contribution in [3.05, 3.63) is 71.8 Å². The molecule has 3 aliphatic heterocycles. The molecule has 0 saturated carbocycles. The standard InChI is InChI=1S/C44H50N8O6/c1-24(2)38(49-43(55)57-5)41(53)51-15-7-9-36(51)34-20-30(22-46-34)26-11-14-32-31-13-12-27(17-28(31)18-29(21-45)33(32)19-26)35-23-47-40(48-35)37-10-8-16-52(37)42(54)39(25(3)4)50-44(56)58-6/h11-14,17-19,22-25,36-39H,7-10,15-16,20H2,1-6H3,(H,47,48)(H,49,55)(H,50,56)/t36-,37-,38-,39-/m0/s1. The van der Waals surface area contributed by atoms with Gasteiger partial charge in [0.05, 0.1) is 49.8 Å². The van der Waals surface area contributed by atoms with E-state index >= 15 is 0 Å². The molecule has 3 aromatic carbocycles. The molecule has 0 aliphatic carbocycles. The molecule has 302 valence electrons. The Bertz CT molecular complexity index is 2370. The topological polar surface area (TPSA) is 182 Å². The van der Waals surface area contributed by atoms with Crippen molar-refractivity contribution >= 4 is 56.8 Å². The van der Waals surface area contributed by atoms with Crippen LogP contribution in [0.5, 0.6) is 0 Å². The molecule has 4 amide bonds. The van der Waals surface area contributed by atoms with E-state index in [1.54, 1.807) is 11.1 Å². The van der Waals surface area contributed by atoms with Gasteiger partial charge < -0.3 is 34.9 Å². The lowest BCUT2D eigenvalue weighted by Crippen LogP contribution is -2.53. The lowest BCUT2D eigenvalue weighted by atomic mass is 9.92. The number of fused-ring (bicyclic) bond motifs is 3. The van der Waals surface area contributed by atoms with Crippen molar-refractivity contribution in [1.82, 2.24) is 30.4 Å². The number of nitriles is 1. The summed E-state index contributed by atoms with van der Waals surface area (Å²) < 4.78 is 9.54. The fourth-order valence-corrected chi connectivity index (χ4v) is 8.55. The molecule has 4 heterocycles. The second-order valence-electron chi connectivity index (χ2n) is 16.0. The van der Waals surface area contributed by atoms with E-state index in [1.807, 2.05) is 57.0 Å². The Morgan fingerprint density at radius 1 is 0.810 bits per heavy atom. The first-order valence-electron chi connectivity index (χ1n) is 19.9. The van der Waals surface area contributed by atoms with E-state index in [0.29, 0.717) is 30.9 Å². The molecule has 0 radical (unpaired) electrons. The van der Waals surface area contributed by atoms with Crippen LogP contribution in [-0.4, -0.2) is 94.9 Å². The summed E-state index contributed by atoms with van der Waals surface area (Å²) in [7, 11) is 2.57. The average Bonchev–Trinajstić information content (AvgIpc) is 4.07. The van der Waals surface area contributed by atoms with Crippen LogP contribution >= 0.6 is 0 Å². The summed E-state index contributed by atoms with van der Waals surface area (Å²) in [5, 5.41) is 19.5. The van der Waals surface area contributed by atoms with Gasteiger partial charge in [0.25, 0.3) is 0 Å². The third-order valence-electron chi connectivity index (χ3n) is 11.7. The number of ether oxygens (including phenoxy) is 2. The molecule has 3 aliphatic rings. The molecule has 2 fully saturated rings. The van der Waals surface area contributed by atoms with Crippen molar-refractivity contribution in [2.45, 2.75) is 84.0 Å². The van der Waals surface area contributed by atoms with Crippen molar-refractivity contribution in [2.75, 3.05) is 27.3 Å². The van der Waals surface area contributed by atoms with Gasteiger partial charge in [0.1, 0.15) is 17.9 Å². The smallest absolute Gasteiger partial charge is 0.407 e. The van der Waals surface area contributed by atoms with Crippen LogP contribution in [-0.2, 0) is 19.1 Å². The Morgan fingerprint density at radius 2 is 1.41 bits per heavy atom. The van der Waals surface area contributed by atoms with Gasteiger partial charge in [0.15, 0.2) is 0 Å². The zero-order valence-electron chi connectivity index (χ0n) is 33.8. The van der Waals surface area contributed by atoms with Crippen LogP contribution in [0.15, 0.2) is 59.9 Å². The number of aliphatic imine (C=N–C) groups is 1. The van der Waals surface area contributed by atoms with Gasteiger partial charge in [0, 0.05) is 42.4 Å². The van der Waals surface area contributed by atoms with Crippen molar-refractivity contribution in [2.24, 2.45) is 16.8 Å². The van der Waals surface area contributed by atoms with E-state index in [2.05, 4.69) is 46.0 Å². The molecule has 3 N–H and O–H groups in total. The van der Waals surface area contributed by atoms with Crippen LogP contribution in [0.4, 0.5) is 9.59 Å². The number of carbonyl (C=O) groups is 4. The minimum atomic E-state index is -0.717. The zero-order valence-corrected chi connectivity index (χ0v) is 33.8. The molecule has 2 saturated heterocycles. The Morgan fingerprint density at radius 3 is 2.03 bits per heavy atom. The quantitative estimate of drug-likeness (QED) is 0.146. The fraction of sp³-hybridized carbons (Fsp3) is 0.432. The Labute approximate surface area is 337 Å². The Balaban J connectivity index is 1.09. The van der Waals surface area contributed by atoms with Crippen LogP contribution in [0.1, 0.15) is 82.8 Å². The molecule has 4 aromatic rings. The highest BCUT2D eigenvalue weighted by Gasteiger charge is 2.39. The van der Waals surface area contributed by atoms with E-state index in [1.165, 1.54) is 14.2 Å². The maximum Gasteiger partial charge on any atom is 0.407 e. The Kier molecular flexibility index (Phi) is 11.5. The predicted molar refractivity (Wildman–Crippen MR) is 221 cm³/mol. The van der Waals surface area contributed by atoms with Gasteiger partial charge in [-0.3, -0.25) is 14.6 Å². The third-order valence-corrected chi connectivity index (χ3v) is 11.7. The lowest BCUT2D eigenvalue weighted by molar-refractivity contribution is -0.135. The van der Waals surface area contributed by atoms with E-state index in [9.17, 15) is 24.4 Å². The number of benzene rings is 3. The number of allylic oxidation sites excluding steroid dienone is 1. The number of imidazole rings is 1. The molecule has 0 unspecified atom stereocenters. The van der Waals surface area contributed by atoms with Gasteiger partial charge in [-0.25, -0.2) is 14.6 Å². The first kappa shape index (κ1) is 40.0. The summed E-state index contributed by atoms with van der Waals surface area (Å²) in [5.41, 5.74) is 5.14. The third kappa shape index (κ3) is 7.73. The van der Waals surface area contributed by atoms with Gasteiger partial charge >= 0.3 is 12.2 Å². The van der Waals surface area contributed by atoms with Gasteiger partial charge in [-0.05, 0) is 83.0 Å². The molecule has 58 heavy (non-hydrogen) atoms. The van der Waals surface area contributed by atoms with Crippen molar-refractivity contribution in [3.63, 3.8) is 0 Å². The van der Waals surface area contributed by atoms with Crippen LogP contribution in [0.25, 0.3) is 38.4 Å². The highest BCUT2D eigenvalue weighted by molar-refractivity contribution is 6.12. The number of hydrogen-bond donors (Lipinski definition) is 3. The number of amides is 4. The van der Waals surface area contributed by atoms with E-state index in [-0.39, 0.29) is 35.7 Å². The summed E-state index contributed by atoms with van der Waals surface area (Å²) in [6, 6.07) is 14.8. The molecule has 7 rings (SSSR count). The summed E-state index contributed by atoms with van der Waals surface area (Å²) in [5.74, 6) is 0.136. The van der Waals surface area contributed by atoms with Crippen LogP contribution < -0.4 is 10.6 Å². The van der Waals surface area contributed by atoms with E-state index in [4.69, 9.17) is 19.5 Å². The lowest BCUT2D eigenvalue weighted by Gasteiger charge is -2.31. The largest absolute Gasteiger partial charge is 0.453 e. The Hall–Kier alpha value is -6.23. The number of aromatic nitrogens is 2. The SMILES string of the molecule is COC(=O)N[C@H](C(=O)N1CCC[C@H]1C1=NC=C(c2ccc3c(c2)c(C#N)cc2cc(-c4cnc([C@@H]5CCCN5C(=O)[C@@H](NC(=O)OC)C(C)C)[nH]4)ccc23)C1)C(C)C. The zero-order chi connectivity index (χ0) is 41.2. The average molecular weight is 787 g/mol. The van der Waals surface area contributed by atoms with Crippen molar-refractivity contribution < 1.29 is 28.7 Å². The molecular weight excluding hydrogens is 737 g/mol. The van der Waals surface area contributed by atoms with Crippen LogP contribution in [0.3, 0.4) is 0 Å². The summed E-state index contributed by atoms with van der Waals surface area (Å²) in [4.78, 5) is 67.9. The van der Waals surface area contributed by atoms with E-state index in [0.717, 1.165) is 75.3 Å². The first-order chi connectivity index (χ1) is 27.9. The highest BCUT2D eigenvalue weighted by Crippen LogP contribution is 2.37. The number of carbonyl (C=O) groups excluding carboxylic acids is 4. The van der Waals surface area contributed by atoms with Gasteiger partial charge in [0.2, 0.25) is 11.8 Å². The molecule has 4 atom stereocenters. The number of nitrogens with zero attached hydrogens (tertiary/aromatic N) is 5. The number of methoxy groups -OCH3 is 2. The monoisotopic (exact) mass is 786 g/mol. The summed E-state index contributed by atoms with van der Waals surface area (Å²) in [6.45, 7) is 8.74. The number of H-pyrrole nitrogens is 1. The second-order valence-corrected chi connectivity index (χ2v) is 16.0. The molecule has 0 bridgehead atoms. The minimum Gasteiger partial charge on any atom is -0.453 e. The first-order valence-corrected chi connectivity index (χ1v) is 19.9. The maximum absolute atomic E-state index is 13.7. The number of rotatable bonds is 10. The molecule has 14 nitrogen and oxygen atoms in total. The normalized spacial score (nSPS) is 18.9. The second kappa shape index (κ2) is 16.7. The number of alkyl carbamates (subject to hydrolysis) is 2.